The maximum absolute atomic E-state index is 12.6. The molecule has 0 radical (unpaired) electrons. The number of hydrogen-bond donors (Lipinski definition) is 1. The SMILES string of the molecule is CCC1=NN2C(=N)/C(=C\c3cccn3-c3ccc4ccccc4c3)C(=O)N=C2S1. The average molecular weight is 399 g/mol. The molecule has 3 heterocycles. The van der Waals surface area contributed by atoms with E-state index in [9.17, 15) is 4.79 Å². The second kappa shape index (κ2) is 6.86. The third-order valence-corrected chi connectivity index (χ3v) is 5.94. The molecule has 0 saturated carbocycles. The summed E-state index contributed by atoms with van der Waals surface area (Å²) in [6, 6.07) is 18.3. The van der Waals surface area contributed by atoms with Gasteiger partial charge in [-0.2, -0.15) is 15.1 Å². The fourth-order valence-electron chi connectivity index (χ4n) is 3.40. The quantitative estimate of drug-likeness (QED) is 0.651. The largest absolute Gasteiger partial charge is 0.317 e. The summed E-state index contributed by atoms with van der Waals surface area (Å²) >= 11 is 1.35. The monoisotopic (exact) mass is 399 g/mol. The molecule has 1 aromatic heterocycles. The van der Waals surface area contributed by atoms with Crippen molar-refractivity contribution in [2.45, 2.75) is 13.3 Å². The van der Waals surface area contributed by atoms with Gasteiger partial charge in [0.2, 0.25) is 5.17 Å². The van der Waals surface area contributed by atoms with Gasteiger partial charge >= 0.3 is 0 Å². The molecule has 142 valence electrons. The lowest BCUT2D eigenvalue weighted by Crippen LogP contribution is -2.35. The lowest BCUT2D eigenvalue weighted by Gasteiger charge is -2.20. The summed E-state index contributed by atoms with van der Waals surface area (Å²) in [6.07, 6.45) is 4.40. The smallest absolute Gasteiger partial charge is 0.283 e. The summed E-state index contributed by atoms with van der Waals surface area (Å²) in [5.74, 6) is -0.352. The maximum atomic E-state index is 12.6. The lowest BCUT2D eigenvalue weighted by molar-refractivity contribution is -0.114. The molecule has 0 spiro atoms. The minimum atomic E-state index is -0.410. The molecule has 0 fully saturated rings. The lowest BCUT2D eigenvalue weighted by atomic mass is 10.1. The molecular weight excluding hydrogens is 382 g/mol. The van der Waals surface area contributed by atoms with Crippen LogP contribution in [0.5, 0.6) is 0 Å². The fraction of sp³-hybridized carbons (Fsp3) is 0.0909. The predicted octanol–water partition coefficient (Wildman–Crippen LogP) is 4.66. The van der Waals surface area contributed by atoms with Crippen LogP contribution in [0.1, 0.15) is 19.0 Å². The second-order valence-electron chi connectivity index (χ2n) is 6.70. The Bertz CT molecular complexity index is 1270. The highest BCUT2D eigenvalue weighted by Gasteiger charge is 2.35. The summed E-state index contributed by atoms with van der Waals surface area (Å²) in [6.45, 7) is 1.99. The van der Waals surface area contributed by atoms with Crippen LogP contribution >= 0.6 is 11.8 Å². The van der Waals surface area contributed by atoms with Crippen LogP contribution in [0, 0.1) is 5.41 Å². The number of amidine groups is 2. The molecule has 0 saturated heterocycles. The van der Waals surface area contributed by atoms with Gasteiger partial charge in [-0.25, -0.2) is 0 Å². The molecule has 2 aromatic carbocycles. The number of benzene rings is 2. The van der Waals surface area contributed by atoms with Gasteiger partial charge in [0.15, 0.2) is 5.84 Å². The van der Waals surface area contributed by atoms with Crippen LogP contribution in [0.4, 0.5) is 0 Å². The first-order valence-electron chi connectivity index (χ1n) is 9.29. The van der Waals surface area contributed by atoms with E-state index in [0.29, 0.717) is 5.17 Å². The molecule has 1 N–H and O–H groups in total. The third-order valence-electron chi connectivity index (χ3n) is 4.88. The van der Waals surface area contributed by atoms with E-state index in [0.717, 1.165) is 28.2 Å². The van der Waals surface area contributed by atoms with Gasteiger partial charge in [-0.05, 0) is 59.3 Å². The fourth-order valence-corrected chi connectivity index (χ4v) is 4.22. The Hall–Kier alpha value is -3.45. The standard InChI is InChI=1S/C22H17N5OS/c1-2-19-25-27-20(23)18(21(28)24-22(27)29-19)13-16-8-5-11-26(16)17-10-9-14-6-3-4-7-15(14)12-17/h3-13,23H,2H2,1H3/b18-13+,23-20?. The predicted molar refractivity (Wildman–Crippen MR) is 119 cm³/mol. The van der Waals surface area contributed by atoms with Crippen molar-refractivity contribution < 1.29 is 4.79 Å². The molecule has 2 aliphatic rings. The summed E-state index contributed by atoms with van der Waals surface area (Å²) in [4.78, 5) is 16.7. The normalized spacial score (nSPS) is 17.7. The van der Waals surface area contributed by atoms with Crippen molar-refractivity contribution in [1.82, 2.24) is 9.58 Å². The van der Waals surface area contributed by atoms with E-state index in [-0.39, 0.29) is 11.4 Å². The molecular formula is C22H17N5OS. The minimum absolute atomic E-state index is 0.0576. The van der Waals surface area contributed by atoms with Crippen LogP contribution in [-0.2, 0) is 4.79 Å². The average Bonchev–Trinajstić information content (AvgIpc) is 3.37. The number of amides is 1. The van der Waals surface area contributed by atoms with E-state index in [2.05, 4.69) is 34.4 Å². The molecule has 7 heteroatoms. The number of hydrazone groups is 1. The Balaban J connectivity index is 1.55. The van der Waals surface area contributed by atoms with Crippen molar-refractivity contribution in [3.8, 4) is 5.69 Å². The molecule has 0 aliphatic carbocycles. The van der Waals surface area contributed by atoms with E-state index in [1.165, 1.54) is 22.2 Å². The number of carbonyl (C=O) groups is 1. The van der Waals surface area contributed by atoms with Crippen molar-refractivity contribution in [1.29, 1.82) is 5.41 Å². The highest BCUT2D eigenvalue weighted by Crippen LogP contribution is 2.29. The number of nitrogens with one attached hydrogen (secondary N) is 1. The van der Waals surface area contributed by atoms with Gasteiger partial charge in [-0.3, -0.25) is 10.2 Å². The summed E-state index contributed by atoms with van der Waals surface area (Å²) in [7, 11) is 0. The maximum Gasteiger partial charge on any atom is 0.283 e. The summed E-state index contributed by atoms with van der Waals surface area (Å²) < 4.78 is 2.00. The molecule has 0 bridgehead atoms. The highest BCUT2D eigenvalue weighted by atomic mass is 32.2. The van der Waals surface area contributed by atoms with Gasteiger partial charge < -0.3 is 4.57 Å². The van der Waals surface area contributed by atoms with Crippen molar-refractivity contribution in [2.24, 2.45) is 10.1 Å². The van der Waals surface area contributed by atoms with Crippen LogP contribution < -0.4 is 0 Å². The van der Waals surface area contributed by atoms with Crippen LogP contribution in [-0.4, -0.2) is 31.5 Å². The van der Waals surface area contributed by atoms with Gasteiger partial charge in [0.1, 0.15) is 5.04 Å². The van der Waals surface area contributed by atoms with Crippen LogP contribution in [0.3, 0.4) is 0 Å². The van der Waals surface area contributed by atoms with E-state index >= 15 is 0 Å². The molecule has 2 aliphatic heterocycles. The van der Waals surface area contributed by atoms with E-state index in [1.54, 1.807) is 6.08 Å². The number of rotatable bonds is 3. The Morgan fingerprint density at radius 3 is 2.76 bits per heavy atom. The topological polar surface area (TPSA) is 73.8 Å². The Kier molecular flexibility index (Phi) is 4.17. The van der Waals surface area contributed by atoms with Crippen molar-refractivity contribution in [3.63, 3.8) is 0 Å². The molecule has 29 heavy (non-hydrogen) atoms. The minimum Gasteiger partial charge on any atom is -0.317 e. The summed E-state index contributed by atoms with van der Waals surface area (Å²) in [5, 5.41) is 17.9. The molecule has 5 rings (SSSR count). The molecule has 3 aromatic rings. The first-order chi connectivity index (χ1) is 14.1. The molecule has 1 amide bonds. The number of hydrogen-bond acceptors (Lipinski definition) is 4. The van der Waals surface area contributed by atoms with Crippen molar-refractivity contribution in [2.75, 3.05) is 0 Å². The molecule has 6 nitrogen and oxygen atoms in total. The number of nitrogens with zero attached hydrogens (tertiary/aromatic N) is 4. The number of carbonyl (C=O) groups excluding carboxylic acids is 1. The zero-order chi connectivity index (χ0) is 20.0. The number of aromatic nitrogens is 1. The third kappa shape index (κ3) is 3.00. The zero-order valence-electron chi connectivity index (χ0n) is 15.7. The highest BCUT2D eigenvalue weighted by molar-refractivity contribution is 8.26. The Morgan fingerprint density at radius 1 is 1.10 bits per heavy atom. The first-order valence-corrected chi connectivity index (χ1v) is 10.1. The number of aliphatic imine (C=N–C) groups is 1. The van der Waals surface area contributed by atoms with Gasteiger partial charge in [-0.15, -0.1) is 0 Å². The van der Waals surface area contributed by atoms with Gasteiger partial charge in [0.25, 0.3) is 5.91 Å². The van der Waals surface area contributed by atoms with Gasteiger partial charge in [0, 0.05) is 17.6 Å². The van der Waals surface area contributed by atoms with Crippen molar-refractivity contribution in [3.05, 3.63) is 72.1 Å². The van der Waals surface area contributed by atoms with E-state index < -0.39 is 5.91 Å². The zero-order valence-corrected chi connectivity index (χ0v) is 16.5. The second-order valence-corrected chi connectivity index (χ2v) is 7.74. The summed E-state index contributed by atoms with van der Waals surface area (Å²) in [5.41, 5.74) is 2.03. The number of thioether (sulfide) groups is 1. The Labute approximate surface area is 171 Å². The molecule has 0 unspecified atom stereocenters. The molecule has 0 atom stereocenters. The van der Waals surface area contributed by atoms with Crippen LogP contribution in [0.15, 0.2) is 76.5 Å². The van der Waals surface area contributed by atoms with E-state index in [4.69, 9.17) is 5.41 Å². The van der Waals surface area contributed by atoms with Gasteiger partial charge in [-0.1, -0.05) is 37.3 Å². The van der Waals surface area contributed by atoms with E-state index in [1.807, 2.05) is 48.0 Å². The Morgan fingerprint density at radius 2 is 1.93 bits per heavy atom. The van der Waals surface area contributed by atoms with Gasteiger partial charge in [0.05, 0.1) is 5.57 Å². The number of fused-ring (bicyclic) bond motifs is 2. The van der Waals surface area contributed by atoms with Crippen LogP contribution in [0.25, 0.3) is 22.5 Å². The van der Waals surface area contributed by atoms with Crippen LogP contribution in [0.2, 0.25) is 0 Å². The van der Waals surface area contributed by atoms with Crippen molar-refractivity contribution >= 4 is 50.6 Å². The first kappa shape index (κ1) is 17.6.